The Kier molecular flexibility index (Phi) is 5.36. The second kappa shape index (κ2) is 8.33. The van der Waals surface area contributed by atoms with Crippen LogP contribution in [0.2, 0.25) is 0 Å². The van der Waals surface area contributed by atoms with Crippen LogP contribution in [0.5, 0.6) is 5.75 Å². The number of nitrogens with zero attached hydrogens (tertiary/aromatic N) is 2. The summed E-state index contributed by atoms with van der Waals surface area (Å²) in [7, 11) is 1.55. The molecule has 2 amide bonds. The number of anilines is 2. The van der Waals surface area contributed by atoms with Gasteiger partial charge in [-0.15, -0.1) is 11.8 Å². The second-order valence-corrected chi connectivity index (χ2v) is 8.52. The highest BCUT2D eigenvalue weighted by Crippen LogP contribution is 2.47. The Balaban J connectivity index is 1.57. The van der Waals surface area contributed by atoms with Crippen molar-refractivity contribution in [3.8, 4) is 5.75 Å². The van der Waals surface area contributed by atoms with Gasteiger partial charge in [0, 0.05) is 11.0 Å². The van der Waals surface area contributed by atoms with Crippen LogP contribution in [0.15, 0.2) is 83.8 Å². The number of para-hydroxylation sites is 1. The van der Waals surface area contributed by atoms with Crippen molar-refractivity contribution < 1.29 is 19.2 Å². The molecule has 0 radical (unpaired) electrons. The molecule has 2 saturated heterocycles. The fourth-order valence-electron chi connectivity index (χ4n) is 4.36. The number of methoxy groups -OCH3 is 1. The molecule has 0 saturated carbocycles. The number of hydroxylamine groups is 1. The molecule has 162 valence electrons. The number of carbonyl (C=O) groups is 2. The maximum Gasteiger partial charge on any atom is 0.266 e. The van der Waals surface area contributed by atoms with Crippen LogP contribution < -0.4 is 14.7 Å². The molecule has 0 unspecified atom stereocenters. The quantitative estimate of drug-likeness (QED) is 0.426. The third-order valence-corrected chi connectivity index (χ3v) is 6.64. The van der Waals surface area contributed by atoms with E-state index in [0.717, 1.165) is 16.1 Å². The van der Waals surface area contributed by atoms with Gasteiger partial charge in [-0.1, -0.05) is 36.4 Å². The molecule has 0 aliphatic carbocycles. The van der Waals surface area contributed by atoms with E-state index in [1.165, 1.54) is 4.90 Å². The molecule has 2 fully saturated rings. The number of amides is 2. The van der Waals surface area contributed by atoms with Crippen molar-refractivity contribution in [3.05, 3.63) is 84.4 Å². The summed E-state index contributed by atoms with van der Waals surface area (Å²) in [5, 5.41) is 1.71. The monoisotopic (exact) mass is 446 g/mol. The first-order chi connectivity index (χ1) is 15.6. The molecular formula is C25H22N2O4S. The van der Waals surface area contributed by atoms with Gasteiger partial charge in [-0.3, -0.25) is 14.4 Å². The number of carbonyl (C=O) groups excluding carboxylic acids is 2. The van der Waals surface area contributed by atoms with Gasteiger partial charge in [0.2, 0.25) is 5.91 Å². The molecule has 5 rings (SSSR count). The highest BCUT2D eigenvalue weighted by atomic mass is 32.2. The van der Waals surface area contributed by atoms with Gasteiger partial charge in [-0.2, -0.15) is 0 Å². The van der Waals surface area contributed by atoms with E-state index in [0.29, 0.717) is 11.4 Å². The average Bonchev–Trinajstić information content (AvgIpc) is 3.35. The van der Waals surface area contributed by atoms with Crippen molar-refractivity contribution >= 4 is 35.0 Å². The minimum absolute atomic E-state index is 0.273. The van der Waals surface area contributed by atoms with Gasteiger partial charge in [0.1, 0.15) is 11.7 Å². The van der Waals surface area contributed by atoms with Gasteiger partial charge in [0.15, 0.2) is 6.10 Å². The van der Waals surface area contributed by atoms with Gasteiger partial charge in [0.05, 0.1) is 24.5 Å². The summed E-state index contributed by atoms with van der Waals surface area (Å²) in [5.74, 6) is -0.715. The first-order valence-electron chi connectivity index (χ1n) is 10.3. The van der Waals surface area contributed by atoms with Gasteiger partial charge >= 0.3 is 0 Å². The lowest BCUT2D eigenvalue weighted by Crippen LogP contribution is -2.37. The molecule has 0 spiro atoms. The van der Waals surface area contributed by atoms with E-state index in [1.807, 2.05) is 60.9 Å². The van der Waals surface area contributed by atoms with Crippen molar-refractivity contribution in [2.45, 2.75) is 17.0 Å². The summed E-state index contributed by atoms with van der Waals surface area (Å²) in [6.07, 6.45) is 1.13. The summed E-state index contributed by atoms with van der Waals surface area (Å²) >= 11 is 1.65. The van der Waals surface area contributed by atoms with Crippen molar-refractivity contribution in [1.82, 2.24) is 0 Å². The zero-order valence-electron chi connectivity index (χ0n) is 17.7. The number of fused-ring (bicyclic) bond motifs is 1. The van der Waals surface area contributed by atoms with E-state index in [-0.39, 0.29) is 11.8 Å². The molecule has 0 aromatic heterocycles. The van der Waals surface area contributed by atoms with Crippen LogP contribution in [0.3, 0.4) is 0 Å². The minimum Gasteiger partial charge on any atom is -0.497 e. The van der Waals surface area contributed by atoms with E-state index < -0.39 is 18.1 Å². The molecule has 2 heterocycles. The number of hydrogen-bond donors (Lipinski definition) is 0. The van der Waals surface area contributed by atoms with E-state index in [1.54, 1.807) is 48.2 Å². The SMILES string of the molecule is COc1cccc(N2C(=O)[C@@H]3[C@@H](c4ccc(SC)cc4)N(c4ccccc4)O[C@H]3C2=O)c1. The lowest BCUT2D eigenvalue weighted by molar-refractivity contribution is -0.126. The molecule has 0 N–H and O–H groups in total. The average molecular weight is 447 g/mol. The van der Waals surface area contributed by atoms with Crippen LogP contribution in [0.25, 0.3) is 0 Å². The predicted octanol–water partition coefficient (Wildman–Crippen LogP) is 4.47. The van der Waals surface area contributed by atoms with E-state index in [9.17, 15) is 9.59 Å². The predicted molar refractivity (Wildman–Crippen MR) is 124 cm³/mol. The number of rotatable bonds is 5. The Morgan fingerprint density at radius 3 is 2.28 bits per heavy atom. The topological polar surface area (TPSA) is 59.1 Å². The lowest BCUT2D eigenvalue weighted by atomic mass is 9.90. The molecule has 2 aliphatic heterocycles. The van der Waals surface area contributed by atoms with Crippen molar-refractivity contribution in [2.75, 3.05) is 23.3 Å². The lowest BCUT2D eigenvalue weighted by Gasteiger charge is -2.29. The van der Waals surface area contributed by atoms with Crippen LogP contribution in [-0.2, 0) is 14.4 Å². The van der Waals surface area contributed by atoms with Crippen LogP contribution in [0.1, 0.15) is 11.6 Å². The van der Waals surface area contributed by atoms with Crippen molar-refractivity contribution in [2.24, 2.45) is 5.92 Å². The largest absolute Gasteiger partial charge is 0.497 e. The third-order valence-electron chi connectivity index (χ3n) is 5.89. The van der Waals surface area contributed by atoms with Gasteiger partial charge < -0.3 is 4.74 Å². The smallest absolute Gasteiger partial charge is 0.266 e. The van der Waals surface area contributed by atoms with Crippen LogP contribution in [0.4, 0.5) is 11.4 Å². The summed E-state index contributed by atoms with van der Waals surface area (Å²) in [4.78, 5) is 35.5. The van der Waals surface area contributed by atoms with E-state index >= 15 is 0 Å². The summed E-state index contributed by atoms with van der Waals surface area (Å²) in [5.41, 5.74) is 2.21. The van der Waals surface area contributed by atoms with Gasteiger partial charge in [-0.25, -0.2) is 9.96 Å². The van der Waals surface area contributed by atoms with E-state index in [4.69, 9.17) is 9.57 Å². The summed E-state index contributed by atoms with van der Waals surface area (Å²) in [6, 6.07) is 24.2. The molecular weight excluding hydrogens is 424 g/mol. The molecule has 0 bridgehead atoms. The Labute approximate surface area is 190 Å². The highest BCUT2D eigenvalue weighted by Gasteiger charge is 2.60. The molecule has 7 heteroatoms. The maximum absolute atomic E-state index is 13.6. The Morgan fingerprint density at radius 2 is 1.59 bits per heavy atom. The van der Waals surface area contributed by atoms with Gasteiger partial charge in [0.25, 0.3) is 5.91 Å². The summed E-state index contributed by atoms with van der Waals surface area (Å²) < 4.78 is 5.28. The molecule has 3 atom stereocenters. The van der Waals surface area contributed by atoms with Crippen LogP contribution >= 0.6 is 11.8 Å². The van der Waals surface area contributed by atoms with Crippen LogP contribution in [-0.4, -0.2) is 31.3 Å². The van der Waals surface area contributed by atoms with Crippen molar-refractivity contribution in [1.29, 1.82) is 0 Å². The third kappa shape index (κ3) is 3.34. The molecule has 32 heavy (non-hydrogen) atoms. The number of benzene rings is 3. The molecule has 3 aromatic carbocycles. The maximum atomic E-state index is 13.6. The van der Waals surface area contributed by atoms with Crippen LogP contribution in [0, 0.1) is 5.92 Å². The molecule has 6 nitrogen and oxygen atoms in total. The summed E-state index contributed by atoms with van der Waals surface area (Å²) in [6.45, 7) is 0. The van der Waals surface area contributed by atoms with E-state index in [2.05, 4.69) is 0 Å². The minimum atomic E-state index is -0.890. The Hall–Kier alpha value is -3.29. The standard InChI is InChI=1S/C25H22N2O4S/c1-30-19-10-6-9-18(15-19)26-24(28)21-22(16-11-13-20(32-2)14-12-16)27(31-23(21)25(26)29)17-7-4-3-5-8-17/h3-15,21-23H,1-2H3/t21-,22-,23-/m1/s1. The Morgan fingerprint density at radius 1 is 0.875 bits per heavy atom. The first kappa shape index (κ1) is 20.6. The number of imide groups is 1. The highest BCUT2D eigenvalue weighted by molar-refractivity contribution is 7.98. The number of thioether (sulfide) groups is 1. The fourth-order valence-corrected chi connectivity index (χ4v) is 4.77. The molecule has 3 aromatic rings. The zero-order chi connectivity index (χ0) is 22.2. The first-order valence-corrected chi connectivity index (χ1v) is 11.5. The second-order valence-electron chi connectivity index (χ2n) is 7.64. The van der Waals surface area contributed by atoms with Crippen molar-refractivity contribution in [3.63, 3.8) is 0 Å². The number of hydrogen-bond acceptors (Lipinski definition) is 6. The molecule has 2 aliphatic rings. The fraction of sp³-hybridized carbons (Fsp3) is 0.200. The van der Waals surface area contributed by atoms with Gasteiger partial charge in [-0.05, 0) is 48.2 Å². The normalized spacial score (nSPS) is 22.4. The number of ether oxygens (including phenoxy) is 1. The Bertz CT molecular complexity index is 1150. The zero-order valence-corrected chi connectivity index (χ0v) is 18.5.